The fourth-order valence-electron chi connectivity index (χ4n) is 2.80. The molecule has 0 fully saturated rings. The second kappa shape index (κ2) is 8.85. The summed E-state index contributed by atoms with van der Waals surface area (Å²) in [6, 6.07) is 19.2. The van der Waals surface area contributed by atoms with Gasteiger partial charge in [-0.3, -0.25) is 0 Å². The molecule has 1 heterocycles. The zero-order valence-corrected chi connectivity index (χ0v) is 15.1. The molecule has 0 saturated carbocycles. The third-order valence-corrected chi connectivity index (χ3v) is 3.94. The lowest BCUT2D eigenvalue weighted by Crippen LogP contribution is -3.00. The van der Waals surface area contributed by atoms with Crippen molar-refractivity contribution in [3.63, 3.8) is 0 Å². The van der Waals surface area contributed by atoms with E-state index in [-0.39, 0.29) is 17.0 Å². The van der Waals surface area contributed by atoms with Gasteiger partial charge in [0.05, 0.1) is 13.2 Å². The van der Waals surface area contributed by atoms with Gasteiger partial charge < -0.3 is 21.7 Å². The van der Waals surface area contributed by atoms with E-state index in [1.54, 1.807) is 0 Å². The average molecular weight is 375 g/mol. The quantitative estimate of drug-likeness (QED) is 0.427. The molecule has 0 aliphatic carbocycles. The first-order valence-corrected chi connectivity index (χ1v) is 7.97. The second-order valence-corrected chi connectivity index (χ2v) is 5.42. The van der Waals surface area contributed by atoms with E-state index in [2.05, 4.69) is 70.1 Å². The van der Waals surface area contributed by atoms with Gasteiger partial charge in [0.1, 0.15) is 6.54 Å². The van der Waals surface area contributed by atoms with Crippen LogP contribution in [0.1, 0.15) is 12.5 Å². The summed E-state index contributed by atoms with van der Waals surface area (Å²) in [4.78, 5) is 0. The molecule has 0 N–H and O–H groups in total. The van der Waals surface area contributed by atoms with Crippen molar-refractivity contribution in [1.82, 2.24) is 4.57 Å². The molecule has 3 rings (SSSR count). The molecule has 1 aromatic heterocycles. The van der Waals surface area contributed by atoms with E-state index in [4.69, 9.17) is 4.74 Å². The van der Waals surface area contributed by atoms with Crippen molar-refractivity contribution in [2.75, 3.05) is 13.2 Å². The number of imidazole rings is 1. The van der Waals surface area contributed by atoms with Gasteiger partial charge in [-0.25, -0.2) is 9.13 Å². The monoisotopic (exact) mass is 374 g/mol. The number of rotatable bonds is 7. The van der Waals surface area contributed by atoms with Gasteiger partial charge in [-0.1, -0.05) is 42.5 Å². The standard InChI is InChI=1S/C19H23N2O.BrH/c1-2-22-15-14-21-16-20(18-10-6-7-11-19(18)21)13-12-17-8-4-3-5-9-17;/h3-11,16H,2,12-15H2,1H3;1H/q+1;/p-1. The molecule has 0 radical (unpaired) electrons. The van der Waals surface area contributed by atoms with Crippen LogP contribution in [0.4, 0.5) is 0 Å². The maximum Gasteiger partial charge on any atom is 0.244 e. The van der Waals surface area contributed by atoms with Crippen molar-refractivity contribution in [3.8, 4) is 0 Å². The average Bonchev–Trinajstić information content (AvgIpc) is 2.93. The van der Waals surface area contributed by atoms with Gasteiger partial charge in [0.2, 0.25) is 6.33 Å². The SMILES string of the molecule is CCOCC[n+]1cn(CCc2ccccc2)c2ccccc21.[Br-]. The lowest BCUT2D eigenvalue weighted by Gasteiger charge is -1.99. The second-order valence-electron chi connectivity index (χ2n) is 5.42. The number of halogens is 1. The zero-order valence-electron chi connectivity index (χ0n) is 13.5. The largest absolute Gasteiger partial charge is 1.00 e. The highest BCUT2D eigenvalue weighted by Crippen LogP contribution is 2.12. The number of benzene rings is 2. The molecule has 0 bridgehead atoms. The van der Waals surface area contributed by atoms with Gasteiger partial charge in [-0.05, 0) is 24.6 Å². The Hall–Kier alpha value is -1.65. The van der Waals surface area contributed by atoms with Crippen molar-refractivity contribution < 1.29 is 26.3 Å². The Kier molecular flexibility index (Phi) is 6.81. The third kappa shape index (κ3) is 4.43. The molecule has 0 spiro atoms. The summed E-state index contributed by atoms with van der Waals surface area (Å²) in [5.41, 5.74) is 3.94. The lowest BCUT2D eigenvalue weighted by molar-refractivity contribution is -0.674. The van der Waals surface area contributed by atoms with E-state index in [1.807, 2.05) is 6.92 Å². The van der Waals surface area contributed by atoms with Crippen LogP contribution in [0.15, 0.2) is 60.9 Å². The normalized spacial score (nSPS) is 10.7. The molecule has 3 nitrogen and oxygen atoms in total. The number of hydrogen-bond donors (Lipinski definition) is 0. The molecule has 0 aliphatic heterocycles. The van der Waals surface area contributed by atoms with Crippen molar-refractivity contribution in [2.45, 2.75) is 26.4 Å². The van der Waals surface area contributed by atoms with Crippen molar-refractivity contribution in [3.05, 3.63) is 66.5 Å². The summed E-state index contributed by atoms with van der Waals surface area (Å²) in [7, 11) is 0. The van der Waals surface area contributed by atoms with Crippen LogP contribution in [0.3, 0.4) is 0 Å². The number of fused-ring (bicyclic) bond motifs is 1. The molecular formula is C19H23BrN2O. The van der Waals surface area contributed by atoms with Gasteiger partial charge in [0.25, 0.3) is 0 Å². The molecule has 0 atom stereocenters. The zero-order chi connectivity index (χ0) is 15.2. The molecule has 0 unspecified atom stereocenters. The Morgan fingerprint density at radius 1 is 1.00 bits per heavy atom. The van der Waals surface area contributed by atoms with Crippen LogP contribution in [-0.2, 0) is 24.2 Å². The van der Waals surface area contributed by atoms with E-state index < -0.39 is 0 Å². The maximum atomic E-state index is 5.49. The highest BCUT2D eigenvalue weighted by atomic mass is 79.9. The number of para-hydroxylation sites is 2. The first kappa shape index (κ1) is 17.7. The molecule has 2 aromatic carbocycles. The van der Waals surface area contributed by atoms with Gasteiger partial charge in [-0.15, -0.1) is 0 Å². The molecule has 23 heavy (non-hydrogen) atoms. The first-order chi connectivity index (χ1) is 10.9. The molecule has 122 valence electrons. The fourth-order valence-corrected chi connectivity index (χ4v) is 2.80. The van der Waals surface area contributed by atoms with Crippen LogP contribution in [0.25, 0.3) is 11.0 Å². The minimum atomic E-state index is 0. The van der Waals surface area contributed by atoms with E-state index in [9.17, 15) is 0 Å². The van der Waals surface area contributed by atoms with Gasteiger partial charge in [0, 0.05) is 13.0 Å². The van der Waals surface area contributed by atoms with E-state index >= 15 is 0 Å². The summed E-state index contributed by atoms with van der Waals surface area (Å²) in [5, 5.41) is 0. The predicted octanol–water partition coefficient (Wildman–Crippen LogP) is 0.212. The van der Waals surface area contributed by atoms with Crippen LogP contribution in [0.5, 0.6) is 0 Å². The Balaban J connectivity index is 0.00000192. The van der Waals surface area contributed by atoms with Crippen LogP contribution in [-0.4, -0.2) is 17.8 Å². The predicted molar refractivity (Wildman–Crippen MR) is 88.8 cm³/mol. The molecule has 0 amide bonds. The highest BCUT2D eigenvalue weighted by molar-refractivity contribution is 5.71. The molecule has 4 heteroatoms. The fraction of sp³-hybridized carbons (Fsp3) is 0.316. The van der Waals surface area contributed by atoms with Crippen molar-refractivity contribution >= 4 is 11.0 Å². The molecular weight excluding hydrogens is 352 g/mol. The Bertz CT molecular complexity index is 725. The third-order valence-electron chi connectivity index (χ3n) is 3.94. The van der Waals surface area contributed by atoms with Crippen LogP contribution in [0.2, 0.25) is 0 Å². The smallest absolute Gasteiger partial charge is 0.244 e. The van der Waals surface area contributed by atoms with E-state index in [1.165, 1.54) is 16.6 Å². The number of aromatic nitrogens is 2. The lowest BCUT2D eigenvalue weighted by atomic mass is 10.1. The van der Waals surface area contributed by atoms with Crippen LogP contribution in [0, 0.1) is 0 Å². The molecule has 0 aliphatic rings. The van der Waals surface area contributed by atoms with Gasteiger partial charge >= 0.3 is 0 Å². The van der Waals surface area contributed by atoms with Crippen LogP contribution >= 0.6 is 0 Å². The minimum Gasteiger partial charge on any atom is -1.00 e. The Morgan fingerprint density at radius 3 is 2.52 bits per heavy atom. The van der Waals surface area contributed by atoms with Crippen LogP contribution < -0.4 is 21.5 Å². The topological polar surface area (TPSA) is 18.0 Å². The summed E-state index contributed by atoms with van der Waals surface area (Å²) < 4.78 is 10.1. The van der Waals surface area contributed by atoms with E-state index in [0.717, 1.165) is 32.7 Å². The molecule has 0 saturated heterocycles. The first-order valence-electron chi connectivity index (χ1n) is 7.97. The van der Waals surface area contributed by atoms with Gasteiger partial charge in [0.15, 0.2) is 11.0 Å². The van der Waals surface area contributed by atoms with E-state index in [0.29, 0.717) is 0 Å². The van der Waals surface area contributed by atoms with Gasteiger partial charge in [-0.2, -0.15) is 0 Å². The summed E-state index contributed by atoms with van der Waals surface area (Å²) in [6.45, 7) is 5.45. The minimum absolute atomic E-state index is 0. The molecule has 3 aromatic rings. The highest BCUT2D eigenvalue weighted by Gasteiger charge is 2.14. The summed E-state index contributed by atoms with van der Waals surface area (Å²) >= 11 is 0. The number of nitrogens with zero attached hydrogens (tertiary/aromatic N) is 2. The number of ether oxygens (including phenoxy) is 1. The Labute approximate surface area is 148 Å². The number of hydrogen-bond acceptors (Lipinski definition) is 1. The maximum absolute atomic E-state index is 5.49. The van der Waals surface area contributed by atoms with Crippen molar-refractivity contribution in [2.24, 2.45) is 0 Å². The number of aryl methyl sites for hydroxylation is 2. The Morgan fingerprint density at radius 2 is 1.74 bits per heavy atom. The summed E-state index contributed by atoms with van der Waals surface area (Å²) in [5.74, 6) is 0. The summed E-state index contributed by atoms with van der Waals surface area (Å²) in [6.07, 6.45) is 3.26. The van der Waals surface area contributed by atoms with Crippen molar-refractivity contribution in [1.29, 1.82) is 0 Å².